The molecule has 1 aliphatic heterocycles. The molecule has 1 atom stereocenters. The number of unbranched alkanes of at least 4 members (excludes halogenated alkanes) is 2. The summed E-state index contributed by atoms with van der Waals surface area (Å²) < 4.78 is 0. The molecule has 156 valence electrons. The highest BCUT2D eigenvalue weighted by atomic mass is 16.4. The Hall–Kier alpha value is -3.41. The maximum atomic E-state index is 12.9. The molecule has 0 radical (unpaired) electrons. The van der Waals surface area contributed by atoms with Gasteiger partial charge >= 0.3 is 0 Å². The van der Waals surface area contributed by atoms with Gasteiger partial charge in [-0.15, -0.1) is 0 Å². The van der Waals surface area contributed by atoms with Crippen LogP contribution in [0, 0.1) is 6.92 Å². The zero-order valence-corrected chi connectivity index (χ0v) is 16.8. The Morgan fingerprint density at radius 1 is 1.00 bits per heavy atom. The number of Topliss-reactive ketones (excluding diaryl/α,β-unsaturated/α-hetero) is 1. The molecule has 1 N–H and O–H groups in total. The van der Waals surface area contributed by atoms with Crippen LogP contribution in [-0.4, -0.2) is 34.2 Å². The van der Waals surface area contributed by atoms with Crippen molar-refractivity contribution in [2.75, 3.05) is 6.54 Å². The predicted molar refractivity (Wildman–Crippen MR) is 110 cm³/mol. The van der Waals surface area contributed by atoms with Gasteiger partial charge in [-0.3, -0.25) is 9.59 Å². The third-order valence-electron chi connectivity index (χ3n) is 5.26. The number of likely N-dealkylation sites (tertiary alicyclic amines) is 1. The van der Waals surface area contributed by atoms with Crippen LogP contribution in [0.25, 0.3) is 5.76 Å². The van der Waals surface area contributed by atoms with Crippen LogP contribution >= 0.6 is 0 Å². The number of aryl methyl sites for hydroxylation is 1. The Morgan fingerprint density at radius 3 is 2.30 bits per heavy atom. The molecular weight excluding hydrogens is 382 g/mol. The Balaban J connectivity index is 1.95. The number of ketones is 1. The Morgan fingerprint density at radius 2 is 1.67 bits per heavy atom. The van der Waals surface area contributed by atoms with Crippen LogP contribution in [-0.2, 0) is 14.4 Å². The lowest BCUT2D eigenvalue weighted by molar-refractivity contribution is -0.305. The number of hydrogen-bond acceptors (Lipinski definition) is 5. The Labute approximate surface area is 175 Å². The zero-order chi connectivity index (χ0) is 21.7. The minimum Gasteiger partial charge on any atom is -0.550 e. The van der Waals surface area contributed by atoms with Crippen LogP contribution in [0.5, 0.6) is 0 Å². The first kappa shape index (κ1) is 21.3. The Kier molecular flexibility index (Phi) is 6.67. The number of rotatable bonds is 8. The van der Waals surface area contributed by atoms with Gasteiger partial charge in [0.25, 0.3) is 11.7 Å². The lowest BCUT2D eigenvalue weighted by Gasteiger charge is -2.25. The van der Waals surface area contributed by atoms with Gasteiger partial charge in [0.15, 0.2) is 0 Å². The van der Waals surface area contributed by atoms with Crippen molar-refractivity contribution in [2.24, 2.45) is 0 Å². The smallest absolute Gasteiger partial charge is 0.295 e. The normalized spacial score (nSPS) is 18.0. The molecule has 1 saturated heterocycles. The molecule has 1 amide bonds. The average molecular weight is 406 g/mol. The maximum absolute atomic E-state index is 12.9. The average Bonchev–Trinajstić information content (AvgIpc) is 2.99. The number of aliphatic hydroxyl groups excluding tert-OH is 1. The number of carboxylic acids is 1. The van der Waals surface area contributed by atoms with Crippen molar-refractivity contribution in [1.29, 1.82) is 0 Å². The number of aliphatic hydroxyl groups is 1. The van der Waals surface area contributed by atoms with E-state index in [2.05, 4.69) is 0 Å². The van der Waals surface area contributed by atoms with Crippen LogP contribution < -0.4 is 5.11 Å². The second kappa shape index (κ2) is 9.39. The number of nitrogens with zero attached hydrogens (tertiary/aromatic N) is 1. The standard InChI is InChI=1S/C24H25NO5/c1-16-11-13-17(14-12-16)21-20(22(28)18-8-4-2-5-9-18)23(29)24(30)25(21)15-7-3-6-10-19(26)27/h2,4-5,8-9,11-14,21,28H,3,6-7,10,15H2,1H3,(H,26,27)/p-1/t21-/m0/s1. The fourth-order valence-electron chi connectivity index (χ4n) is 3.69. The quantitative estimate of drug-likeness (QED) is 0.315. The van der Waals surface area contributed by atoms with Gasteiger partial charge in [0.1, 0.15) is 5.76 Å². The minimum absolute atomic E-state index is 0.0335. The topological polar surface area (TPSA) is 97.7 Å². The molecule has 2 aromatic carbocycles. The van der Waals surface area contributed by atoms with Crippen LogP contribution in [0.4, 0.5) is 0 Å². The molecule has 6 heteroatoms. The third-order valence-corrected chi connectivity index (χ3v) is 5.26. The first-order chi connectivity index (χ1) is 14.4. The molecule has 1 fully saturated rings. The fraction of sp³-hybridized carbons (Fsp3) is 0.292. The van der Waals surface area contributed by atoms with Gasteiger partial charge in [0.05, 0.1) is 11.6 Å². The highest BCUT2D eigenvalue weighted by molar-refractivity contribution is 6.46. The summed E-state index contributed by atoms with van der Waals surface area (Å²) in [7, 11) is 0. The molecule has 3 rings (SSSR count). The van der Waals surface area contributed by atoms with Gasteiger partial charge in [0.2, 0.25) is 0 Å². The third kappa shape index (κ3) is 4.59. The molecule has 0 bridgehead atoms. The summed E-state index contributed by atoms with van der Waals surface area (Å²) in [5, 5.41) is 21.5. The summed E-state index contributed by atoms with van der Waals surface area (Å²) in [6.07, 6.45) is 1.56. The van der Waals surface area contributed by atoms with Crippen molar-refractivity contribution < 1.29 is 24.6 Å². The first-order valence-corrected chi connectivity index (χ1v) is 10.0. The maximum Gasteiger partial charge on any atom is 0.295 e. The van der Waals surface area contributed by atoms with E-state index in [1.807, 2.05) is 31.2 Å². The molecule has 0 unspecified atom stereocenters. The summed E-state index contributed by atoms with van der Waals surface area (Å²) in [4.78, 5) is 37.7. The number of carboxylic acid groups (broad SMARTS) is 1. The largest absolute Gasteiger partial charge is 0.550 e. The van der Waals surface area contributed by atoms with Crippen molar-refractivity contribution in [3.8, 4) is 0 Å². The highest BCUT2D eigenvalue weighted by Gasteiger charge is 2.45. The predicted octanol–water partition coefficient (Wildman–Crippen LogP) is 2.73. The summed E-state index contributed by atoms with van der Waals surface area (Å²) in [6, 6.07) is 15.5. The van der Waals surface area contributed by atoms with Crippen molar-refractivity contribution in [3.05, 3.63) is 76.9 Å². The molecular formula is C24H24NO5-. The molecule has 0 aliphatic carbocycles. The van der Waals surface area contributed by atoms with Crippen molar-refractivity contribution in [2.45, 2.75) is 38.6 Å². The summed E-state index contributed by atoms with van der Waals surface area (Å²) in [5.74, 6) is -2.66. The van der Waals surface area contributed by atoms with E-state index in [9.17, 15) is 24.6 Å². The fourth-order valence-corrected chi connectivity index (χ4v) is 3.69. The number of carbonyl (C=O) groups excluding carboxylic acids is 3. The number of aliphatic carboxylic acids is 1. The molecule has 2 aromatic rings. The molecule has 1 aliphatic rings. The van der Waals surface area contributed by atoms with E-state index in [0.29, 0.717) is 31.4 Å². The molecule has 0 saturated carbocycles. The minimum atomic E-state index is -1.10. The molecule has 6 nitrogen and oxygen atoms in total. The molecule has 0 spiro atoms. The van der Waals surface area contributed by atoms with Crippen molar-refractivity contribution in [3.63, 3.8) is 0 Å². The number of benzene rings is 2. The van der Waals surface area contributed by atoms with E-state index in [-0.39, 0.29) is 17.8 Å². The van der Waals surface area contributed by atoms with Gasteiger partial charge in [-0.05, 0) is 31.7 Å². The van der Waals surface area contributed by atoms with Crippen molar-refractivity contribution >= 4 is 23.4 Å². The van der Waals surface area contributed by atoms with Crippen LogP contribution in [0.15, 0.2) is 60.2 Å². The van der Waals surface area contributed by atoms with Gasteiger partial charge in [0, 0.05) is 18.1 Å². The molecule has 30 heavy (non-hydrogen) atoms. The number of hydrogen-bond donors (Lipinski definition) is 1. The lowest BCUT2D eigenvalue weighted by atomic mass is 9.94. The monoisotopic (exact) mass is 406 g/mol. The summed E-state index contributed by atoms with van der Waals surface area (Å²) in [6.45, 7) is 2.24. The summed E-state index contributed by atoms with van der Waals surface area (Å²) in [5.41, 5.74) is 2.33. The number of amides is 1. The lowest BCUT2D eigenvalue weighted by Crippen LogP contribution is -2.30. The second-order valence-electron chi connectivity index (χ2n) is 7.45. The number of carbonyl (C=O) groups is 3. The Bertz CT molecular complexity index is 963. The molecule has 1 heterocycles. The van der Waals surface area contributed by atoms with Crippen LogP contribution in [0.3, 0.4) is 0 Å². The van der Waals surface area contributed by atoms with Crippen molar-refractivity contribution in [1.82, 2.24) is 4.90 Å². The van der Waals surface area contributed by atoms with E-state index < -0.39 is 23.7 Å². The van der Waals surface area contributed by atoms with E-state index in [1.54, 1.807) is 30.3 Å². The SMILES string of the molecule is Cc1ccc([C@H]2C(=C(O)c3ccccc3)C(=O)C(=O)N2CCCCCC(=O)[O-])cc1. The van der Waals surface area contributed by atoms with Crippen LogP contribution in [0.1, 0.15) is 48.4 Å². The van der Waals surface area contributed by atoms with E-state index in [4.69, 9.17) is 0 Å². The van der Waals surface area contributed by atoms with Gasteiger partial charge < -0.3 is 19.9 Å². The van der Waals surface area contributed by atoms with Gasteiger partial charge in [-0.2, -0.15) is 0 Å². The zero-order valence-electron chi connectivity index (χ0n) is 16.8. The highest BCUT2D eigenvalue weighted by Crippen LogP contribution is 2.39. The molecule has 0 aromatic heterocycles. The van der Waals surface area contributed by atoms with Crippen LogP contribution in [0.2, 0.25) is 0 Å². The van der Waals surface area contributed by atoms with E-state index in [1.165, 1.54) is 4.90 Å². The van der Waals surface area contributed by atoms with Gasteiger partial charge in [-0.1, -0.05) is 66.6 Å². The van der Waals surface area contributed by atoms with E-state index >= 15 is 0 Å². The first-order valence-electron chi connectivity index (χ1n) is 10.0. The summed E-state index contributed by atoms with van der Waals surface area (Å²) >= 11 is 0. The second-order valence-corrected chi connectivity index (χ2v) is 7.45. The van der Waals surface area contributed by atoms with Gasteiger partial charge in [-0.25, -0.2) is 0 Å². The van der Waals surface area contributed by atoms with E-state index in [0.717, 1.165) is 11.1 Å².